The number of benzene rings is 3. The summed E-state index contributed by atoms with van der Waals surface area (Å²) in [5, 5.41) is 8.57. The average Bonchev–Trinajstić information content (AvgIpc) is 2.75. The van der Waals surface area contributed by atoms with E-state index in [-0.39, 0.29) is 0 Å². The first-order valence-electron chi connectivity index (χ1n) is 8.69. The number of rotatable bonds is 7. The molecule has 142 valence electrons. The smallest absolute Gasteiger partial charge is 0.180 e. The predicted octanol–water partition coefficient (Wildman–Crippen LogP) is 5.07. The molecule has 0 saturated carbocycles. The number of thioether (sulfide) groups is 1. The highest BCUT2D eigenvalue weighted by molar-refractivity contribution is 8.13. The number of nitrogens with zero attached hydrogens (tertiary/aromatic N) is 2. The van der Waals surface area contributed by atoms with E-state index in [0.717, 1.165) is 17.1 Å². The lowest BCUT2D eigenvalue weighted by Crippen LogP contribution is -2.06. The maximum absolute atomic E-state index is 5.94. The van der Waals surface area contributed by atoms with Crippen LogP contribution in [0.15, 0.2) is 89.1 Å². The van der Waals surface area contributed by atoms with E-state index in [1.807, 2.05) is 66.7 Å². The van der Waals surface area contributed by atoms with Gasteiger partial charge in [0.05, 0.1) is 13.3 Å². The SMILES string of the molecule is COc1ccc(Oc2ccccc2C=NN=C(N)SCc2ccccc2)cc1. The van der Waals surface area contributed by atoms with Crippen molar-refractivity contribution in [3.8, 4) is 17.2 Å². The molecular formula is C22H21N3O2S. The number of ether oxygens (including phenoxy) is 2. The van der Waals surface area contributed by atoms with Crippen LogP contribution in [0.25, 0.3) is 0 Å². The van der Waals surface area contributed by atoms with Gasteiger partial charge in [0.25, 0.3) is 0 Å². The van der Waals surface area contributed by atoms with Crippen molar-refractivity contribution in [2.75, 3.05) is 7.11 Å². The van der Waals surface area contributed by atoms with Crippen molar-refractivity contribution in [2.24, 2.45) is 15.9 Å². The van der Waals surface area contributed by atoms with Crippen molar-refractivity contribution < 1.29 is 9.47 Å². The fourth-order valence-corrected chi connectivity index (χ4v) is 2.97. The fourth-order valence-electron chi connectivity index (χ4n) is 2.36. The van der Waals surface area contributed by atoms with Gasteiger partial charge in [-0.3, -0.25) is 0 Å². The van der Waals surface area contributed by atoms with E-state index in [1.54, 1.807) is 13.3 Å². The van der Waals surface area contributed by atoms with Crippen LogP contribution in [0.1, 0.15) is 11.1 Å². The van der Waals surface area contributed by atoms with Gasteiger partial charge < -0.3 is 15.2 Å². The normalized spacial score (nSPS) is 11.5. The lowest BCUT2D eigenvalue weighted by Gasteiger charge is -2.08. The molecule has 0 amide bonds. The molecule has 0 bridgehead atoms. The Morgan fingerprint density at radius 3 is 2.36 bits per heavy atom. The zero-order chi connectivity index (χ0) is 19.6. The van der Waals surface area contributed by atoms with E-state index in [0.29, 0.717) is 16.7 Å². The minimum atomic E-state index is 0.411. The Bertz CT molecular complexity index is 942. The van der Waals surface area contributed by atoms with Gasteiger partial charge in [0.1, 0.15) is 17.2 Å². The van der Waals surface area contributed by atoms with Gasteiger partial charge in [-0.15, -0.1) is 5.10 Å². The average molecular weight is 391 g/mol. The molecule has 5 nitrogen and oxygen atoms in total. The maximum Gasteiger partial charge on any atom is 0.180 e. The van der Waals surface area contributed by atoms with Crippen LogP contribution in [0.5, 0.6) is 17.2 Å². The number of hydrogen-bond acceptors (Lipinski definition) is 5. The minimum absolute atomic E-state index is 0.411. The molecule has 3 rings (SSSR count). The number of hydrogen-bond donors (Lipinski definition) is 1. The summed E-state index contributed by atoms with van der Waals surface area (Å²) in [6, 6.07) is 25.1. The summed E-state index contributed by atoms with van der Waals surface area (Å²) < 4.78 is 11.1. The Morgan fingerprint density at radius 1 is 0.929 bits per heavy atom. The van der Waals surface area contributed by atoms with Crippen molar-refractivity contribution in [1.82, 2.24) is 0 Å². The molecule has 0 atom stereocenters. The van der Waals surface area contributed by atoms with Crippen LogP contribution in [0.4, 0.5) is 0 Å². The van der Waals surface area contributed by atoms with Crippen LogP contribution in [0.2, 0.25) is 0 Å². The highest BCUT2D eigenvalue weighted by Gasteiger charge is 2.03. The van der Waals surface area contributed by atoms with Crippen molar-refractivity contribution in [1.29, 1.82) is 0 Å². The summed E-state index contributed by atoms with van der Waals surface area (Å²) in [7, 11) is 1.63. The van der Waals surface area contributed by atoms with Crippen LogP contribution in [0, 0.1) is 0 Å². The maximum atomic E-state index is 5.94. The van der Waals surface area contributed by atoms with E-state index in [9.17, 15) is 0 Å². The molecule has 0 fully saturated rings. The summed E-state index contributed by atoms with van der Waals surface area (Å²) in [5.74, 6) is 2.92. The molecule has 0 aromatic heterocycles. The first kappa shape index (κ1) is 19.5. The van der Waals surface area contributed by atoms with Crippen LogP contribution in [-0.4, -0.2) is 18.5 Å². The van der Waals surface area contributed by atoms with E-state index in [2.05, 4.69) is 22.3 Å². The summed E-state index contributed by atoms with van der Waals surface area (Å²) in [4.78, 5) is 0. The highest BCUT2D eigenvalue weighted by Crippen LogP contribution is 2.26. The fraction of sp³-hybridized carbons (Fsp3) is 0.0909. The minimum Gasteiger partial charge on any atom is -0.497 e. The molecule has 2 N–H and O–H groups in total. The van der Waals surface area contributed by atoms with Gasteiger partial charge in [-0.2, -0.15) is 5.10 Å². The van der Waals surface area contributed by atoms with E-state index in [1.165, 1.54) is 17.3 Å². The van der Waals surface area contributed by atoms with Gasteiger partial charge in [-0.05, 0) is 42.0 Å². The topological polar surface area (TPSA) is 69.2 Å². The highest BCUT2D eigenvalue weighted by atomic mass is 32.2. The molecular weight excluding hydrogens is 370 g/mol. The van der Waals surface area contributed by atoms with Gasteiger partial charge in [0, 0.05) is 11.3 Å². The third kappa shape index (κ3) is 5.89. The third-order valence-electron chi connectivity index (χ3n) is 3.79. The molecule has 0 heterocycles. The second kappa shape index (κ2) is 10.2. The van der Waals surface area contributed by atoms with Crippen molar-refractivity contribution >= 4 is 23.1 Å². The third-order valence-corrected chi connectivity index (χ3v) is 4.64. The molecule has 3 aromatic rings. The summed E-state index contributed by atoms with van der Waals surface area (Å²) in [5.41, 5.74) is 7.93. The molecule has 0 spiro atoms. The second-order valence-electron chi connectivity index (χ2n) is 5.77. The predicted molar refractivity (Wildman–Crippen MR) is 116 cm³/mol. The molecule has 6 heteroatoms. The van der Waals surface area contributed by atoms with Crippen molar-refractivity contribution in [2.45, 2.75) is 5.75 Å². The van der Waals surface area contributed by atoms with Crippen LogP contribution in [0.3, 0.4) is 0 Å². The van der Waals surface area contributed by atoms with E-state index < -0.39 is 0 Å². The number of nitrogens with two attached hydrogens (primary N) is 1. The van der Waals surface area contributed by atoms with Gasteiger partial charge in [-0.25, -0.2) is 0 Å². The Labute approximate surface area is 168 Å². The summed E-state index contributed by atoms with van der Waals surface area (Å²) in [6.45, 7) is 0. The molecule has 28 heavy (non-hydrogen) atoms. The number of amidine groups is 1. The first-order valence-corrected chi connectivity index (χ1v) is 9.67. The molecule has 0 radical (unpaired) electrons. The molecule has 0 saturated heterocycles. The largest absolute Gasteiger partial charge is 0.497 e. The van der Waals surface area contributed by atoms with Gasteiger partial charge in [-0.1, -0.05) is 54.2 Å². The number of methoxy groups -OCH3 is 1. The molecule has 0 aliphatic heterocycles. The van der Waals surface area contributed by atoms with Gasteiger partial charge in [0.15, 0.2) is 5.17 Å². The second-order valence-corrected chi connectivity index (χ2v) is 6.77. The molecule has 3 aromatic carbocycles. The zero-order valence-electron chi connectivity index (χ0n) is 15.5. The van der Waals surface area contributed by atoms with Gasteiger partial charge >= 0.3 is 0 Å². The van der Waals surface area contributed by atoms with Crippen molar-refractivity contribution in [3.63, 3.8) is 0 Å². The van der Waals surface area contributed by atoms with E-state index >= 15 is 0 Å². The monoisotopic (exact) mass is 391 g/mol. The van der Waals surface area contributed by atoms with Crippen LogP contribution >= 0.6 is 11.8 Å². The van der Waals surface area contributed by atoms with Crippen molar-refractivity contribution in [3.05, 3.63) is 90.0 Å². The summed E-state index contributed by atoms with van der Waals surface area (Å²) >= 11 is 1.45. The molecule has 0 aliphatic carbocycles. The first-order chi connectivity index (χ1) is 13.7. The van der Waals surface area contributed by atoms with Crippen LogP contribution in [-0.2, 0) is 5.75 Å². The Kier molecular flexibility index (Phi) is 7.09. The summed E-state index contributed by atoms with van der Waals surface area (Å²) in [6.07, 6.45) is 1.63. The van der Waals surface area contributed by atoms with E-state index in [4.69, 9.17) is 15.2 Å². The Morgan fingerprint density at radius 2 is 1.61 bits per heavy atom. The standard InChI is InChI=1S/C22H21N3O2S/c1-26-19-11-13-20(14-12-19)27-21-10-6-5-9-18(21)15-24-25-22(23)28-16-17-7-3-2-4-8-17/h2-15H,16H2,1H3,(H2,23,25). The number of para-hydroxylation sites is 1. The Hall–Kier alpha value is -3.25. The van der Waals surface area contributed by atoms with Crippen LogP contribution < -0.4 is 15.2 Å². The lowest BCUT2D eigenvalue weighted by molar-refractivity contribution is 0.413. The zero-order valence-corrected chi connectivity index (χ0v) is 16.3. The molecule has 0 aliphatic rings. The molecule has 0 unspecified atom stereocenters. The quantitative estimate of drug-likeness (QED) is 0.347. The van der Waals surface area contributed by atoms with Gasteiger partial charge in [0.2, 0.25) is 0 Å². The Balaban J connectivity index is 1.63. The lowest BCUT2D eigenvalue weighted by atomic mass is 10.2.